The number of nitrogens with zero attached hydrogens (tertiary/aromatic N) is 3. The van der Waals surface area contributed by atoms with Crippen molar-refractivity contribution in [1.29, 1.82) is 0 Å². The van der Waals surface area contributed by atoms with Gasteiger partial charge in [-0.2, -0.15) is 0 Å². The standard InChI is InChI=1S/C13H20F2N4O/c1-13(2,20)8-18-3-5-19(6-4-18)12-10(15)7-9(14)11(16)17-12/h7,20H,3-6,8H2,1-2H3,(H2,16,17). The fourth-order valence-electron chi connectivity index (χ4n) is 2.36. The molecule has 5 nitrogen and oxygen atoms in total. The largest absolute Gasteiger partial charge is 0.389 e. The third-order valence-electron chi connectivity index (χ3n) is 3.22. The molecule has 112 valence electrons. The number of aromatic nitrogens is 1. The molecular formula is C13H20F2N4O. The number of nitrogens with two attached hydrogens (primary N) is 1. The van der Waals surface area contributed by atoms with Crippen molar-refractivity contribution in [1.82, 2.24) is 9.88 Å². The molecule has 7 heteroatoms. The first-order valence-electron chi connectivity index (χ1n) is 6.57. The molecule has 20 heavy (non-hydrogen) atoms. The van der Waals surface area contributed by atoms with Crippen LogP contribution in [0, 0.1) is 11.6 Å². The quantitative estimate of drug-likeness (QED) is 0.862. The van der Waals surface area contributed by atoms with Crippen molar-refractivity contribution in [3.8, 4) is 0 Å². The van der Waals surface area contributed by atoms with Crippen LogP contribution in [0.5, 0.6) is 0 Å². The highest BCUT2D eigenvalue weighted by Gasteiger charge is 2.25. The van der Waals surface area contributed by atoms with Gasteiger partial charge in [0.05, 0.1) is 5.60 Å². The molecule has 0 bridgehead atoms. The Hall–Kier alpha value is -1.47. The zero-order valence-corrected chi connectivity index (χ0v) is 11.7. The topological polar surface area (TPSA) is 65.6 Å². The Balaban J connectivity index is 2.02. The van der Waals surface area contributed by atoms with Crippen LogP contribution >= 0.6 is 0 Å². The molecule has 1 aromatic heterocycles. The van der Waals surface area contributed by atoms with Gasteiger partial charge in [0.15, 0.2) is 23.3 Å². The number of aliphatic hydroxyl groups is 1. The summed E-state index contributed by atoms with van der Waals surface area (Å²) >= 11 is 0. The molecule has 2 heterocycles. The van der Waals surface area contributed by atoms with Gasteiger partial charge in [0.2, 0.25) is 0 Å². The van der Waals surface area contributed by atoms with E-state index in [-0.39, 0.29) is 11.6 Å². The Morgan fingerprint density at radius 1 is 1.25 bits per heavy atom. The summed E-state index contributed by atoms with van der Waals surface area (Å²) < 4.78 is 26.8. The van der Waals surface area contributed by atoms with Crippen LogP contribution in [0.2, 0.25) is 0 Å². The maximum Gasteiger partial charge on any atom is 0.168 e. The Kier molecular flexibility index (Phi) is 4.10. The number of hydrogen-bond donors (Lipinski definition) is 2. The highest BCUT2D eigenvalue weighted by atomic mass is 19.1. The second-order valence-corrected chi connectivity index (χ2v) is 5.74. The van der Waals surface area contributed by atoms with Gasteiger partial charge in [-0.05, 0) is 13.8 Å². The number of piperazine rings is 1. The van der Waals surface area contributed by atoms with Crippen molar-refractivity contribution in [2.24, 2.45) is 0 Å². The molecule has 0 aromatic carbocycles. The Bertz CT molecular complexity index is 482. The minimum Gasteiger partial charge on any atom is -0.389 e. The molecule has 1 saturated heterocycles. The summed E-state index contributed by atoms with van der Waals surface area (Å²) in [7, 11) is 0. The Morgan fingerprint density at radius 3 is 2.40 bits per heavy atom. The van der Waals surface area contributed by atoms with Crippen LogP contribution in [0.25, 0.3) is 0 Å². The molecule has 1 aromatic rings. The van der Waals surface area contributed by atoms with Crippen LogP contribution in [0.15, 0.2) is 6.07 Å². The van der Waals surface area contributed by atoms with Gasteiger partial charge in [-0.15, -0.1) is 0 Å². The number of β-amino-alcohol motifs (C(OH)–C–C–N with tert-alkyl or cyclic N) is 1. The molecule has 1 fully saturated rings. The van der Waals surface area contributed by atoms with E-state index in [4.69, 9.17) is 5.73 Å². The first-order valence-corrected chi connectivity index (χ1v) is 6.57. The number of pyridine rings is 1. The van der Waals surface area contributed by atoms with Crippen molar-refractivity contribution in [2.75, 3.05) is 43.4 Å². The van der Waals surface area contributed by atoms with E-state index in [2.05, 4.69) is 9.88 Å². The average molecular weight is 286 g/mol. The molecule has 0 radical (unpaired) electrons. The van der Waals surface area contributed by atoms with Crippen molar-refractivity contribution in [3.63, 3.8) is 0 Å². The summed E-state index contributed by atoms with van der Waals surface area (Å²) in [4.78, 5) is 7.62. The van der Waals surface area contributed by atoms with Crippen LogP contribution in [-0.4, -0.2) is 53.3 Å². The van der Waals surface area contributed by atoms with Crippen LogP contribution in [-0.2, 0) is 0 Å². The lowest BCUT2D eigenvalue weighted by molar-refractivity contribution is 0.0344. The van der Waals surface area contributed by atoms with E-state index >= 15 is 0 Å². The van der Waals surface area contributed by atoms with Gasteiger partial charge in [0, 0.05) is 38.8 Å². The average Bonchev–Trinajstić information content (AvgIpc) is 2.33. The summed E-state index contributed by atoms with van der Waals surface area (Å²) in [5.41, 5.74) is 4.63. The van der Waals surface area contributed by atoms with Crippen molar-refractivity contribution in [2.45, 2.75) is 19.4 Å². The first kappa shape index (κ1) is 14.9. The van der Waals surface area contributed by atoms with E-state index in [9.17, 15) is 13.9 Å². The molecule has 0 saturated carbocycles. The van der Waals surface area contributed by atoms with Crippen LogP contribution in [0.1, 0.15) is 13.8 Å². The summed E-state index contributed by atoms with van der Waals surface area (Å²) in [6.45, 7) is 6.55. The lowest BCUT2D eigenvalue weighted by Crippen LogP contribution is -2.51. The SMILES string of the molecule is CC(C)(O)CN1CCN(c2nc(N)c(F)cc2F)CC1. The second-order valence-electron chi connectivity index (χ2n) is 5.74. The second kappa shape index (κ2) is 5.49. The van der Waals surface area contributed by atoms with Gasteiger partial charge >= 0.3 is 0 Å². The molecule has 2 rings (SSSR count). The Labute approximate surface area is 117 Å². The molecule has 0 amide bonds. The van der Waals surface area contributed by atoms with Gasteiger partial charge in [-0.25, -0.2) is 13.8 Å². The summed E-state index contributed by atoms with van der Waals surface area (Å²) in [5.74, 6) is -1.74. The van der Waals surface area contributed by atoms with E-state index < -0.39 is 17.2 Å². The number of halogens is 2. The normalized spacial score (nSPS) is 17.6. The fourth-order valence-corrected chi connectivity index (χ4v) is 2.36. The van der Waals surface area contributed by atoms with Crippen molar-refractivity contribution >= 4 is 11.6 Å². The van der Waals surface area contributed by atoms with Crippen LogP contribution in [0.3, 0.4) is 0 Å². The summed E-state index contributed by atoms with van der Waals surface area (Å²) in [6, 6.07) is 0.765. The lowest BCUT2D eigenvalue weighted by Gasteiger charge is -2.37. The fraction of sp³-hybridized carbons (Fsp3) is 0.615. The van der Waals surface area contributed by atoms with E-state index in [1.165, 1.54) is 0 Å². The summed E-state index contributed by atoms with van der Waals surface area (Å²) in [6.07, 6.45) is 0. The monoisotopic (exact) mass is 286 g/mol. The van der Waals surface area contributed by atoms with E-state index in [1.54, 1.807) is 18.7 Å². The molecule has 0 spiro atoms. The van der Waals surface area contributed by atoms with E-state index in [1.807, 2.05) is 0 Å². The molecule has 0 atom stereocenters. The zero-order valence-electron chi connectivity index (χ0n) is 11.7. The highest BCUT2D eigenvalue weighted by molar-refractivity contribution is 5.47. The van der Waals surface area contributed by atoms with Gasteiger partial charge < -0.3 is 15.7 Å². The number of anilines is 2. The highest BCUT2D eigenvalue weighted by Crippen LogP contribution is 2.22. The van der Waals surface area contributed by atoms with Gasteiger partial charge in [0.25, 0.3) is 0 Å². The first-order chi connectivity index (χ1) is 9.26. The molecular weight excluding hydrogens is 266 g/mol. The Morgan fingerprint density at radius 2 is 1.85 bits per heavy atom. The number of hydrogen-bond acceptors (Lipinski definition) is 5. The number of rotatable bonds is 3. The van der Waals surface area contributed by atoms with Gasteiger partial charge in [-0.3, -0.25) is 4.90 Å². The van der Waals surface area contributed by atoms with Crippen LogP contribution in [0.4, 0.5) is 20.4 Å². The molecule has 1 aliphatic rings. The predicted molar refractivity (Wildman–Crippen MR) is 73.5 cm³/mol. The minimum absolute atomic E-state index is 0.0896. The van der Waals surface area contributed by atoms with E-state index in [0.29, 0.717) is 32.7 Å². The lowest BCUT2D eigenvalue weighted by atomic mass is 10.1. The maximum atomic E-state index is 13.7. The van der Waals surface area contributed by atoms with Crippen LogP contribution < -0.4 is 10.6 Å². The molecule has 1 aliphatic heterocycles. The molecule has 0 unspecified atom stereocenters. The predicted octanol–water partition coefficient (Wildman–Crippen LogP) is 0.835. The van der Waals surface area contributed by atoms with Gasteiger partial charge in [0.1, 0.15) is 0 Å². The third kappa shape index (κ3) is 3.55. The number of nitrogen functional groups attached to an aromatic ring is 1. The van der Waals surface area contributed by atoms with Gasteiger partial charge in [-0.1, -0.05) is 0 Å². The maximum absolute atomic E-state index is 13.7. The van der Waals surface area contributed by atoms with Crippen molar-refractivity contribution in [3.05, 3.63) is 17.7 Å². The van der Waals surface area contributed by atoms with E-state index in [0.717, 1.165) is 6.07 Å². The smallest absolute Gasteiger partial charge is 0.168 e. The minimum atomic E-state index is -0.841. The van der Waals surface area contributed by atoms with Crippen molar-refractivity contribution < 1.29 is 13.9 Å². The zero-order chi connectivity index (χ0) is 14.9. The molecule has 0 aliphatic carbocycles. The molecule has 3 N–H and O–H groups in total. The third-order valence-corrected chi connectivity index (χ3v) is 3.22. The summed E-state index contributed by atoms with van der Waals surface area (Å²) in [5, 5.41) is 9.78.